The van der Waals surface area contributed by atoms with Gasteiger partial charge in [-0.3, -0.25) is 0 Å². The maximum Gasteiger partial charge on any atom is 0.338 e. The molecule has 5 heteroatoms. The van der Waals surface area contributed by atoms with Gasteiger partial charge in [0.15, 0.2) is 9.84 Å². The highest BCUT2D eigenvalue weighted by Gasteiger charge is 2.66. The number of fused-ring (bicyclic) bond motifs is 2. The Balaban J connectivity index is 1.87. The summed E-state index contributed by atoms with van der Waals surface area (Å²) in [5.41, 5.74) is 2.06. The highest BCUT2D eigenvalue weighted by Crippen LogP contribution is 2.67. The lowest BCUT2D eigenvalue weighted by molar-refractivity contribution is -0.150. The molecule has 0 N–H and O–H groups in total. The zero-order chi connectivity index (χ0) is 21.5. The summed E-state index contributed by atoms with van der Waals surface area (Å²) >= 11 is 0. The molecule has 1 aromatic carbocycles. The molecule has 2 bridgehead atoms. The Kier molecular flexibility index (Phi) is 5.61. The predicted octanol–water partition coefficient (Wildman–Crippen LogP) is 4.96. The Hall–Kier alpha value is -1.84. The van der Waals surface area contributed by atoms with Gasteiger partial charge in [0, 0.05) is 5.41 Å². The lowest BCUT2D eigenvalue weighted by Crippen LogP contribution is -2.46. The van der Waals surface area contributed by atoms with Gasteiger partial charge in [0.1, 0.15) is 6.10 Å². The third kappa shape index (κ3) is 4.22. The maximum atomic E-state index is 13.2. The quantitative estimate of drug-likeness (QED) is 0.387. The van der Waals surface area contributed by atoms with Crippen molar-refractivity contribution in [3.8, 4) is 0 Å². The molecule has 2 aliphatic rings. The summed E-state index contributed by atoms with van der Waals surface area (Å²) in [4.78, 5) is 12.8. The second kappa shape index (κ2) is 7.45. The fourth-order valence-corrected chi connectivity index (χ4v) is 7.21. The van der Waals surface area contributed by atoms with E-state index in [1.165, 1.54) is 6.08 Å². The topological polar surface area (TPSA) is 60.4 Å². The average Bonchev–Trinajstić information content (AvgIpc) is 2.96. The molecule has 3 atom stereocenters. The van der Waals surface area contributed by atoms with E-state index >= 15 is 0 Å². The van der Waals surface area contributed by atoms with Gasteiger partial charge < -0.3 is 4.74 Å². The van der Waals surface area contributed by atoms with Gasteiger partial charge >= 0.3 is 5.97 Å². The van der Waals surface area contributed by atoms with Gasteiger partial charge in [-0.2, -0.15) is 0 Å². The van der Waals surface area contributed by atoms with Gasteiger partial charge in [-0.1, -0.05) is 52.8 Å². The Labute approximate surface area is 175 Å². The number of sulfone groups is 1. The number of esters is 1. The van der Waals surface area contributed by atoms with Crippen molar-refractivity contribution in [3.63, 3.8) is 0 Å². The molecule has 29 heavy (non-hydrogen) atoms. The van der Waals surface area contributed by atoms with E-state index in [1.807, 2.05) is 32.9 Å². The molecule has 4 nitrogen and oxygen atoms in total. The third-order valence-corrected chi connectivity index (χ3v) is 8.77. The summed E-state index contributed by atoms with van der Waals surface area (Å²) < 4.78 is 32.3. The Bertz CT molecular complexity index is 931. The van der Waals surface area contributed by atoms with Gasteiger partial charge in [-0.15, -0.1) is 5.73 Å². The van der Waals surface area contributed by atoms with Crippen LogP contribution >= 0.6 is 0 Å². The molecule has 1 aromatic rings. The maximum absolute atomic E-state index is 13.2. The first kappa shape index (κ1) is 21.9. The fraction of sp³-hybridized carbons (Fsp3) is 0.583. The first-order chi connectivity index (χ1) is 13.4. The zero-order valence-electron chi connectivity index (χ0n) is 18.1. The number of ether oxygens (including phenoxy) is 1. The number of carbonyl (C=O) groups is 1. The molecule has 2 aliphatic carbocycles. The van der Waals surface area contributed by atoms with Crippen LogP contribution < -0.4 is 0 Å². The summed E-state index contributed by atoms with van der Waals surface area (Å²) in [5.74, 6) is -0.0804. The highest BCUT2D eigenvalue weighted by atomic mass is 32.2. The van der Waals surface area contributed by atoms with Crippen LogP contribution in [0.4, 0.5) is 0 Å². The fourth-order valence-electron chi connectivity index (χ4n) is 5.09. The van der Waals surface area contributed by atoms with E-state index in [1.54, 1.807) is 24.3 Å². The van der Waals surface area contributed by atoms with E-state index in [0.29, 0.717) is 10.8 Å². The summed E-state index contributed by atoms with van der Waals surface area (Å²) in [6.07, 6.45) is 5.22. The zero-order valence-corrected chi connectivity index (χ0v) is 18.9. The smallest absolute Gasteiger partial charge is 0.338 e. The van der Waals surface area contributed by atoms with E-state index in [2.05, 4.69) is 19.6 Å². The average molecular weight is 417 g/mol. The molecule has 158 valence electrons. The molecular weight excluding hydrogens is 384 g/mol. The van der Waals surface area contributed by atoms with Crippen LogP contribution in [0.2, 0.25) is 0 Å². The molecule has 0 unspecified atom stereocenters. The Morgan fingerprint density at radius 3 is 2.48 bits per heavy atom. The minimum Gasteiger partial charge on any atom is -0.458 e. The standard InChI is InChI=1S/C24H32O4S/c1-22(2,3)14-9-12-21(25)28-20-16-18-13-15-24(20,23(18,4)5)17-29(26,27)19-10-7-6-8-11-19/h6-8,10-12,14,18,20H,13,15-17H2,1-5H3/t9?,18-,20-,24+/m1/s1. The number of hydrogen-bond acceptors (Lipinski definition) is 4. The van der Waals surface area contributed by atoms with Gasteiger partial charge in [-0.25, -0.2) is 13.2 Å². The van der Waals surface area contributed by atoms with E-state index in [-0.39, 0.29) is 16.6 Å². The van der Waals surface area contributed by atoms with Gasteiger partial charge in [0.25, 0.3) is 0 Å². The molecule has 0 radical (unpaired) electrons. The second-order valence-electron chi connectivity index (χ2n) is 10.2. The van der Waals surface area contributed by atoms with E-state index in [9.17, 15) is 13.2 Å². The molecular formula is C24H32O4S. The molecule has 0 heterocycles. The third-order valence-electron chi connectivity index (χ3n) is 6.88. The highest BCUT2D eigenvalue weighted by molar-refractivity contribution is 7.91. The van der Waals surface area contributed by atoms with Crippen molar-refractivity contribution >= 4 is 15.8 Å². The monoisotopic (exact) mass is 416 g/mol. The summed E-state index contributed by atoms with van der Waals surface area (Å²) in [7, 11) is -3.49. The van der Waals surface area contributed by atoms with Crippen LogP contribution in [0.3, 0.4) is 0 Å². The van der Waals surface area contributed by atoms with Crippen LogP contribution in [-0.2, 0) is 19.4 Å². The number of carbonyl (C=O) groups excluding carboxylic acids is 1. The summed E-state index contributed by atoms with van der Waals surface area (Å²) in [6.45, 7) is 10.4. The minimum absolute atomic E-state index is 0.00695. The summed E-state index contributed by atoms with van der Waals surface area (Å²) in [6, 6.07) is 8.57. The molecule has 0 aromatic heterocycles. The Morgan fingerprint density at radius 1 is 1.24 bits per heavy atom. The van der Waals surface area contributed by atoms with Gasteiger partial charge in [-0.05, 0) is 54.2 Å². The molecule has 0 spiro atoms. The van der Waals surface area contributed by atoms with Crippen LogP contribution in [-0.4, -0.2) is 26.2 Å². The van der Waals surface area contributed by atoms with E-state index in [4.69, 9.17) is 4.74 Å². The Morgan fingerprint density at radius 2 is 1.90 bits per heavy atom. The van der Waals surface area contributed by atoms with Crippen molar-refractivity contribution in [2.24, 2.45) is 22.2 Å². The normalized spacial score (nSPS) is 27.9. The number of benzene rings is 1. The van der Waals surface area contributed by atoms with Crippen LogP contribution in [0, 0.1) is 22.2 Å². The molecule has 2 fully saturated rings. The van der Waals surface area contributed by atoms with Crippen molar-refractivity contribution in [1.29, 1.82) is 0 Å². The van der Waals surface area contributed by atoms with E-state index < -0.39 is 27.3 Å². The molecule has 0 aliphatic heterocycles. The van der Waals surface area contributed by atoms with Crippen molar-refractivity contribution < 1.29 is 17.9 Å². The lowest BCUT2D eigenvalue weighted by Gasteiger charge is -2.41. The molecule has 3 rings (SSSR count). The van der Waals surface area contributed by atoms with Crippen LogP contribution in [0.1, 0.15) is 53.9 Å². The lowest BCUT2D eigenvalue weighted by atomic mass is 9.69. The molecule has 2 saturated carbocycles. The van der Waals surface area contributed by atoms with Crippen LogP contribution in [0.25, 0.3) is 0 Å². The first-order valence-corrected chi connectivity index (χ1v) is 11.9. The van der Waals surface area contributed by atoms with Crippen LogP contribution in [0.5, 0.6) is 0 Å². The number of hydrogen-bond donors (Lipinski definition) is 0. The van der Waals surface area contributed by atoms with Crippen LogP contribution in [0.15, 0.2) is 53.1 Å². The van der Waals surface area contributed by atoms with Crippen molar-refractivity contribution in [1.82, 2.24) is 0 Å². The van der Waals surface area contributed by atoms with Crippen molar-refractivity contribution in [2.75, 3.05) is 5.75 Å². The second-order valence-corrected chi connectivity index (χ2v) is 12.2. The van der Waals surface area contributed by atoms with Crippen molar-refractivity contribution in [2.45, 2.75) is 64.9 Å². The minimum atomic E-state index is -3.49. The molecule has 0 amide bonds. The van der Waals surface area contributed by atoms with E-state index in [0.717, 1.165) is 19.3 Å². The SMILES string of the molecule is CC(C)(C)C=C=CC(=O)O[C@@H]1C[C@H]2CC[C@@]1(CS(=O)(=O)c1ccccc1)C2(C)C. The molecule has 0 saturated heterocycles. The van der Waals surface area contributed by atoms with Gasteiger partial charge in [0.2, 0.25) is 0 Å². The van der Waals surface area contributed by atoms with Gasteiger partial charge in [0.05, 0.1) is 16.7 Å². The first-order valence-electron chi connectivity index (χ1n) is 10.3. The number of rotatable bonds is 5. The summed E-state index contributed by atoms with van der Waals surface area (Å²) in [5, 5.41) is 0. The predicted molar refractivity (Wildman–Crippen MR) is 114 cm³/mol. The largest absolute Gasteiger partial charge is 0.458 e. The van der Waals surface area contributed by atoms with Crippen molar-refractivity contribution in [3.05, 3.63) is 48.2 Å².